The summed E-state index contributed by atoms with van der Waals surface area (Å²) in [5, 5.41) is 2.95. The minimum absolute atomic E-state index is 0.0846. The van der Waals surface area contributed by atoms with Crippen LogP contribution < -0.4 is 19.5 Å². The largest absolute Gasteiger partial charge is 0.493 e. The molecule has 0 radical (unpaired) electrons. The first-order chi connectivity index (χ1) is 16.6. The van der Waals surface area contributed by atoms with Gasteiger partial charge in [0, 0.05) is 17.4 Å². The number of carbonyl (C=O) groups is 2. The lowest BCUT2D eigenvalue weighted by atomic mass is 9.95. The Labute approximate surface area is 205 Å². The van der Waals surface area contributed by atoms with Crippen LogP contribution in [-0.4, -0.2) is 55.9 Å². The quantitative estimate of drug-likeness (QED) is 0.627. The zero-order valence-electron chi connectivity index (χ0n) is 19.9. The summed E-state index contributed by atoms with van der Waals surface area (Å²) in [6.07, 6.45) is 5.47. The lowest BCUT2D eigenvalue weighted by Crippen LogP contribution is -2.50. The van der Waals surface area contributed by atoms with Crippen molar-refractivity contribution in [1.29, 1.82) is 0 Å². The molecule has 2 aromatic rings. The second kappa shape index (κ2) is 11.0. The Morgan fingerprint density at radius 1 is 0.941 bits per heavy atom. The van der Waals surface area contributed by atoms with E-state index in [2.05, 4.69) is 5.32 Å². The number of carbonyl (C=O) groups excluding carboxylic acids is 2. The third-order valence-electron chi connectivity index (χ3n) is 6.49. The molecule has 8 heteroatoms. The van der Waals surface area contributed by atoms with Crippen LogP contribution in [0, 0.1) is 0 Å². The Hall–Kier alpha value is -2.87. The summed E-state index contributed by atoms with van der Waals surface area (Å²) in [6.45, 7) is 0. The van der Waals surface area contributed by atoms with Crippen LogP contribution in [0.3, 0.4) is 0 Å². The van der Waals surface area contributed by atoms with E-state index in [9.17, 15) is 9.59 Å². The third-order valence-corrected chi connectivity index (χ3v) is 7.81. The van der Waals surface area contributed by atoms with Crippen molar-refractivity contribution in [1.82, 2.24) is 10.2 Å². The minimum atomic E-state index is -0.566. The number of ether oxygens (including phenoxy) is 3. The summed E-state index contributed by atoms with van der Waals surface area (Å²) in [5.74, 6) is 1.42. The summed E-state index contributed by atoms with van der Waals surface area (Å²) in [6, 6.07) is 12.7. The van der Waals surface area contributed by atoms with Gasteiger partial charge in [-0.15, -0.1) is 11.8 Å². The highest BCUT2D eigenvalue weighted by Gasteiger charge is 2.43. The molecule has 4 rings (SSSR count). The molecule has 34 heavy (non-hydrogen) atoms. The lowest BCUT2D eigenvalue weighted by molar-refractivity contribution is -0.125. The number of benzene rings is 2. The van der Waals surface area contributed by atoms with Crippen LogP contribution in [0.2, 0.25) is 0 Å². The van der Waals surface area contributed by atoms with Crippen LogP contribution in [-0.2, 0) is 4.79 Å². The average molecular weight is 485 g/mol. The van der Waals surface area contributed by atoms with E-state index in [1.165, 1.54) is 27.8 Å². The van der Waals surface area contributed by atoms with Crippen molar-refractivity contribution < 1.29 is 23.8 Å². The molecule has 1 N–H and O–H groups in total. The molecular weight excluding hydrogens is 452 g/mol. The van der Waals surface area contributed by atoms with E-state index in [0.29, 0.717) is 28.6 Å². The lowest BCUT2D eigenvalue weighted by Gasteiger charge is -2.31. The number of amides is 2. The molecular formula is C26H32N2O5S. The normalized spacial score (nSPS) is 20.6. The molecule has 2 aromatic carbocycles. The minimum Gasteiger partial charge on any atom is -0.493 e. The second-order valence-electron chi connectivity index (χ2n) is 8.58. The van der Waals surface area contributed by atoms with Crippen LogP contribution in [0.5, 0.6) is 17.2 Å². The molecule has 0 aromatic heterocycles. The average Bonchev–Trinajstić information content (AvgIpc) is 3.33. The van der Waals surface area contributed by atoms with Gasteiger partial charge in [0.2, 0.25) is 11.7 Å². The van der Waals surface area contributed by atoms with Crippen molar-refractivity contribution >= 4 is 23.6 Å². The molecule has 182 valence electrons. The highest BCUT2D eigenvalue weighted by Crippen LogP contribution is 2.44. The van der Waals surface area contributed by atoms with Gasteiger partial charge in [0.25, 0.3) is 5.91 Å². The van der Waals surface area contributed by atoms with Gasteiger partial charge in [-0.2, -0.15) is 0 Å². The monoisotopic (exact) mass is 484 g/mol. The van der Waals surface area contributed by atoms with Crippen molar-refractivity contribution in [3.05, 3.63) is 53.6 Å². The van der Waals surface area contributed by atoms with Crippen molar-refractivity contribution in [2.75, 3.05) is 27.1 Å². The summed E-state index contributed by atoms with van der Waals surface area (Å²) in [4.78, 5) is 29.1. The van der Waals surface area contributed by atoms with Crippen LogP contribution in [0.25, 0.3) is 0 Å². The predicted octanol–water partition coefficient (Wildman–Crippen LogP) is 4.42. The van der Waals surface area contributed by atoms with E-state index in [4.69, 9.17) is 14.2 Å². The van der Waals surface area contributed by atoms with Gasteiger partial charge >= 0.3 is 0 Å². The van der Waals surface area contributed by atoms with Crippen LogP contribution >= 0.6 is 11.8 Å². The Morgan fingerprint density at radius 2 is 1.59 bits per heavy atom. The highest BCUT2D eigenvalue weighted by molar-refractivity contribution is 7.99. The molecule has 2 atom stereocenters. The number of thioether (sulfide) groups is 1. The first kappa shape index (κ1) is 24.3. The van der Waals surface area contributed by atoms with Crippen LogP contribution in [0.15, 0.2) is 42.5 Å². The van der Waals surface area contributed by atoms with E-state index in [-0.39, 0.29) is 23.2 Å². The van der Waals surface area contributed by atoms with Crippen molar-refractivity contribution in [3.63, 3.8) is 0 Å². The molecule has 1 aliphatic heterocycles. The van der Waals surface area contributed by atoms with Gasteiger partial charge in [-0.1, -0.05) is 49.6 Å². The fraction of sp³-hybridized carbons (Fsp3) is 0.462. The van der Waals surface area contributed by atoms with Gasteiger partial charge < -0.3 is 24.4 Å². The molecule has 2 fully saturated rings. The molecule has 2 aliphatic rings. The van der Waals surface area contributed by atoms with Gasteiger partial charge in [-0.25, -0.2) is 0 Å². The van der Waals surface area contributed by atoms with Gasteiger partial charge in [-0.05, 0) is 30.5 Å². The number of methoxy groups -OCH3 is 3. The molecule has 1 aliphatic carbocycles. The Kier molecular flexibility index (Phi) is 7.88. The summed E-state index contributed by atoms with van der Waals surface area (Å²) in [7, 11) is 4.56. The molecule has 2 amide bonds. The maximum absolute atomic E-state index is 14.0. The van der Waals surface area contributed by atoms with Crippen molar-refractivity contribution in [3.8, 4) is 17.2 Å². The molecule has 0 spiro atoms. The molecule has 1 heterocycles. The zero-order valence-corrected chi connectivity index (χ0v) is 20.7. The van der Waals surface area contributed by atoms with E-state index in [0.717, 1.165) is 31.2 Å². The molecule has 7 nitrogen and oxygen atoms in total. The van der Waals surface area contributed by atoms with Crippen molar-refractivity contribution in [2.45, 2.75) is 49.6 Å². The van der Waals surface area contributed by atoms with Crippen LogP contribution in [0.4, 0.5) is 0 Å². The van der Waals surface area contributed by atoms with E-state index >= 15 is 0 Å². The van der Waals surface area contributed by atoms with Crippen molar-refractivity contribution in [2.24, 2.45) is 0 Å². The molecule has 1 saturated carbocycles. The van der Waals surface area contributed by atoms with Gasteiger partial charge in [-0.3, -0.25) is 9.59 Å². The number of hydrogen-bond acceptors (Lipinski definition) is 6. The Balaban J connectivity index is 1.68. The summed E-state index contributed by atoms with van der Waals surface area (Å²) in [5.41, 5.74) is 1.37. The van der Waals surface area contributed by atoms with Gasteiger partial charge in [0.1, 0.15) is 11.4 Å². The predicted molar refractivity (Wildman–Crippen MR) is 133 cm³/mol. The number of rotatable bonds is 7. The Morgan fingerprint density at radius 3 is 2.18 bits per heavy atom. The van der Waals surface area contributed by atoms with E-state index in [1.54, 1.807) is 28.8 Å². The fourth-order valence-corrected chi connectivity index (χ4v) is 6.16. The van der Waals surface area contributed by atoms with Crippen LogP contribution in [0.1, 0.15) is 53.4 Å². The SMILES string of the molecule is COc1cc(C(=O)N2C(C(=O)NC3CCCCC3)CSC2c2ccccc2)cc(OC)c1OC. The molecule has 2 unspecified atom stereocenters. The summed E-state index contributed by atoms with van der Waals surface area (Å²) >= 11 is 1.61. The number of nitrogens with one attached hydrogen (secondary N) is 1. The highest BCUT2D eigenvalue weighted by atomic mass is 32.2. The van der Waals surface area contributed by atoms with Gasteiger partial charge in [0.15, 0.2) is 11.5 Å². The Bertz CT molecular complexity index is 985. The zero-order chi connectivity index (χ0) is 24.1. The maximum Gasteiger partial charge on any atom is 0.256 e. The van der Waals surface area contributed by atoms with E-state index < -0.39 is 6.04 Å². The topological polar surface area (TPSA) is 77.1 Å². The van der Waals surface area contributed by atoms with E-state index in [1.807, 2.05) is 30.3 Å². The number of hydrogen-bond donors (Lipinski definition) is 1. The first-order valence-corrected chi connectivity index (χ1v) is 12.7. The fourth-order valence-electron chi connectivity index (χ4n) is 4.73. The number of nitrogens with zero attached hydrogens (tertiary/aromatic N) is 1. The second-order valence-corrected chi connectivity index (χ2v) is 9.70. The summed E-state index contributed by atoms with van der Waals surface area (Å²) < 4.78 is 16.3. The smallest absolute Gasteiger partial charge is 0.256 e. The molecule has 0 bridgehead atoms. The standard InChI is InChI=1S/C26H32N2O5S/c1-31-21-14-18(15-22(32-2)23(21)33-3)25(30)28-20(24(29)27-19-12-8-5-9-13-19)16-34-26(28)17-10-6-4-7-11-17/h4,6-7,10-11,14-15,19-20,26H,5,8-9,12-13,16H2,1-3H3,(H,27,29). The van der Waals surface area contributed by atoms with Gasteiger partial charge in [0.05, 0.1) is 21.3 Å². The molecule has 1 saturated heterocycles. The third kappa shape index (κ3) is 4.97. The maximum atomic E-state index is 14.0. The first-order valence-electron chi connectivity index (χ1n) is 11.7.